The number of hydrogen-bond donors (Lipinski definition) is 6. The second kappa shape index (κ2) is 17.6. The number of carbonyl (C=O) groups is 4. The van der Waals surface area contributed by atoms with E-state index in [-0.39, 0.29) is 42.1 Å². The Balaban J connectivity index is 1.03. The number of benzene rings is 3. The van der Waals surface area contributed by atoms with Gasteiger partial charge in [0.05, 0.1) is 0 Å². The van der Waals surface area contributed by atoms with Gasteiger partial charge in [0.15, 0.2) is 5.82 Å². The molecule has 318 valence electrons. The van der Waals surface area contributed by atoms with Crippen molar-refractivity contribution in [3.8, 4) is 22.5 Å². The number of Topliss-reactive ketones (excluding diaryl/α,β-unsaturated/α-hetero) is 1. The Morgan fingerprint density at radius 3 is 2.27 bits per heavy atom. The molecule has 7 rings (SSSR count). The smallest absolute Gasteiger partial charge is 0.411 e. The van der Waals surface area contributed by atoms with E-state index in [1.807, 2.05) is 49.4 Å². The maximum Gasteiger partial charge on any atom is 0.411 e. The number of H-pyrrole nitrogens is 1. The van der Waals surface area contributed by atoms with Crippen LogP contribution in [-0.4, -0.2) is 75.0 Å². The van der Waals surface area contributed by atoms with E-state index in [2.05, 4.69) is 26.0 Å². The van der Waals surface area contributed by atoms with Crippen molar-refractivity contribution in [3.05, 3.63) is 89.2 Å². The molecule has 4 atom stereocenters. The van der Waals surface area contributed by atoms with E-state index in [1.54, 1.807) is 5.10 Å². The summed E-state index contributed by atoms with van der Waals surface area (Å²) in [4.78, 5) is 54.9. The van der Waals surface area contributed by atoms with E-state index in [4.69, 9.17) is 10.8 Å². The van der Waals surface area contributed by atoms with Crippen LogP contribution in [0.3, 0.4) is 0 Å². The molecule has 2 aliphatic carbocycles. The zero-order chi connectivity index (χ0) is 42.8. The minimum atomic E-state index is -5.43. The lowest BCUT2D eigenvalue weighted by Gasteiger charge is -2.27. The first-order chi connectivity index (χ1) is 28.6. The summed E-state index contributed by atoms with van der Waals surface area (Å²) in [5.41, 5.74) is 10.6. The molecule has 16 heteroatoms. The molecular weight excluding hydrogens is 783 g/mol. The van der Waals surface area contributed by atoms with Crippen molar-refractivity contribution in [1.29, 1.82) is 0 Å². The third kappa shape index (κ3) is 8.99. The molecule has 2 saturated carbocycles. The Bertz CT molecular complexity index is 2210. The molecule has 4 aromatic rings. The fourth-order valence-electron chi connectivity index (χ4n) is 8.97. The number of nitrogens with one attached hydrogen (secondary N) is 4. The zero-order valence-electron chi connectivity index (χ0n) is 33.2. The number of nitrogens with zero attached hydrogens (tertiary/aromatic N) is 2. The second-order valence-corrected chi connectivity index (χ2v) is 16.5. The molecule has 7 N–H and O–H groups in total. The van der Waals surface area contributed by atoms with Crippen LogP contribution in [0.1, 0.15) is 78.7 Å². The van der Waals surface area contributed by atoms with E-state index < -0.39 is 41.3 Å². The van der Waals surface area contributed by atoms with Gasteiger partial charge in [0.1, 0.15) is 5.78 Å². The highest BCUT2D eigenvalue weighted by Gasteiger charge is 2.65. The van der Waals surface area contributed by atoms with Crippen LogP contribution < -0.4 is 21.7 Å². The lowest BCUT2D eigenvalue weighted by atomic mass is 9.77. The second-order valence-electron chi connectivity index (χ2n) is 16.5. The fraction of sp³-hybridized carbons (Fsp3) is 0.455. The first-order valence-electron chi connectivity index (χ1n) is 20.4. The first-order valence-corrected chi connectivity index (χ1v) is 20.4. The minimum Gasteiger partial charge on any atom is -0.477 e. The number of rotatable bonds is 15. The topological polar surface area (TPSA) is 192 Å². The molecule has 3 aliphatic rings. The number of alkyl halides is 4. The van der Waals surface area contributed by atoms with Gasteiger partial charge < -0.3 is 26.8 Å². The third-order valence-corrected chi connectivity index (χ3v) is 12.6. The maximum atomic E-state index is 14.3. The highest BCUT2D eigenvalue weighted by Crippen LogP contribution is 2.42. The summed E-state index contributed by atoms with van der Waals surface area (Å²) in [5, 5.41) is 23.5. The largest absolute Gasteiger partial charge is 0.477 e. The van der Waals surface area contributed by atoms with Gasteiger partial charge in [-0.1, -0.05) is 30.3 Å². The molecule has 1 aromatic heterocycles. The molecule has 0 bridgehead atoms. The van der Waals surface area contributed by atoms with Crippen LogP contribution in [0.15, 0.2) is 66.7 Å². The van der Waals surface area contributed by atoms with Gasteiger partial charge in [-0.05, 0) is 142 Å². The Kier molecular flexibility index (Phi) is 12.5. The number of aromatic amines is 1. The average molecular weight is 832 g/mol. The number of carboxylic acid groups (broad SMARTS) is 1. The van der Waals surface area contributed by atoms with Crippen LogP contribution in [-0.2, 0) is 26.7 Å². The number of nitrogens with two attached hydrogens (primary N) is 1. The van der Waals surface area contributed by atoms with E-state index in [1.165, 1.54) is 24.3 Å². The number of aromatic nitrogens is 3. The van der Waals surface area contributed by atoms with Crippen molar-refractivity contribution in [3.63, 3.8) is 0 Å². The van der Waals surface area contributed by atoms with E-state index in [0.29, 0.717) is 48.5 Å². The summed E-state index contributed by atoms with van der Waals surface area (Å²) in [5.74, 6) is -16.1. The third-order valence-electron chi connectivity index (χ3n) is 12.6. The molecule has 1 aliphatic heterocycles. The van der Waals surface area contributed by atoms with E-state index >= 15 is 0 Å². The first kappa shape index (κ1) is 42.6. The molecule has 2 amide bonds. The molecule has 1 saturated heterocycles. The van der Waals surface area contributed by atoms with Crippen molar-refractivity contribution in [2.24, 2.45) is 29.4 Å². The van der Waals surface area contributed by atoms with Crippen LogP contribution in [0.5, 0.6) is 0 Å². The lowest BCUT2D eigenvalue weighted by Crippen LogP contribution is -2.45. The molecule has 3 aromatic carbocycles. The van der Waals surface area contributed by atoms with Gasteiger partial charge in [-0.15, -0.1) is 0 Å². The Labute approximate surface area is 344 Å². The van der Waals surface area contributed by atoms with Gasteiger partial charge in [0.25, 0.3) is 5.91 Å². The van der Waals surface area contributed by atoms with Crippen molar-refractivity contribution >= 4 is 29.3 Å². The van der Waals surface area contributed by atoms with Gasteiger partial charge >= 0.3 is 17.8 Å². The van der Waals surface area contributed by atoms with Crippen LogP contribution in [0.2, 0.25) is 0 Å². The van der Waals surface area contributed by atoms with Crippen molar-refractivity contribution in [2.45, 2.75) is 88.6 Å². The number of fused-ring (bicyclic) bond motifs is 1. The lowest BCUT2D eigenvalue weighted by molar-refractivity contribution is -0.231. The van der Waals surface area contributed by atoms with Gasteiger partial charge in [-0.2, -0.15) is 22.7 Å². The molecule has 60 heavy (non-hydrogen) atoms. The number of halogens is 4. The van der Waals surface area contributed by atoms with Gasteiger partial charge in [-0.25, -0.2) is 9.78 Å². The Morgan fingerprint density at radius 2 is 1.60 bits per heavy atom. The summed E-state index contributed by atoms with van der Waals surface area (Å²) in [6, 6.07) is 19.8. The number of anilines is 1. The number of aliphatic carboxylic acids is 1. The number of ketones is 1. The van der Waals surface area contributed by atoms with Crippen molar-refractivity contribution < 1.29 is 41.8 Å². The number of aryl methyl sites for hydroxylation is 1. The quantitative estimate of drug-likeness (QED) is 0.0712. The van der Waals surface area contributed by atoms with E-state index in [9.17, 15) is 36.7 Å². The Hall–Kier alpha value is -5.48. The summed E-state index contributed by atoms with van der Waals surface area (Å²) in [6.45, 7) is 3.54. The number of carbonyl (C=O) groups excluding carboxylic acids is 3. The van der Waals surface area contributed by atoms with Crippen LogP contribution in [0, 0.1) is 30.6 Å². The van der Waals surface area contributed by atoms with Crippen LogP contribution in [0.25, 0.3) is 22.5 Å². The molecule has 3 unspecified atom stereocenters. The zero-order valence-corrected chi connectivity index (χ0v) is 33.2. The molecule has 0 radical (unpaired) electrons. The highest BCUT2D eigenvalue weighted by molar-refractivity contribution is 5.97. The Morgan fingerprint density at radius 1 is 0.900 bits per heavy atom. The van der Waals surface area contributed by atoms with E-state index in [0.717, 1.165) is 60.9 Å². The highest BCUT2D eigenvalue weighted by atomic mass is 19.3. The van der Waals surface area contributed by atoms with Crippen LogP contribution in [0.4, 0.5) is 23.2 Å². The number of hydrogen-bond acceptors (Lipinski definition) is 8. The normalized spacial score (nSPS) is 22.2. The maximum absolute atomic E-state index is 14.3. The molecule has 2 heterocycles. The molecule has 3 fully saturated rings. The predicted octanol–water partition coefficient (Wildman–Crippen LogP) is 6.65. The minimum absolute atomic E-state index is 0.00990. The summed E-state index contributed by atoms with van der Waals surface area (Å²) < 4.78 is 56.0. The van der Waals surface area contributed by atoms with Gasteiger partial charge in [0, 0.05) is 47.2 Å². The van der Waals surface area contributed by atoms with Gasteiger partial charge in [0.2, 0.25) is 11.7 Å². The predicted molar refractivity (Wildman–Crippen MR) is 215 cm³/mol. The van der Waals surface area contributed by atoms with Crippen molar-refractivity contribution in [2.75, 3.05) is 18.4 Å². The summed E-state index contributed by atoms with van der Waals surface area (Å²) in [6.07, 6.45) is 6.55. The summed E-state index contributed by atoms with van der Waals surface area (Å²) >= 11 is 0. The monoisotopic (exact) mass is 831 g/mol. The molecule has 0 spiro atoms. The summed E-state index contributed by atoms with van der Waals surface area (Å²) in [7, 11) is 0. The van der Waals surface area contributed by atoms with Crippen LogP contribution >= 0.6 is 0 Å². The molecule has 12 nitrogen and oxygen atoms in total. The number of amides is 2. The number of carboxylic acids is 1. The van der Waals surface area contributed by atoms with Gasteiger partial charge in [-0.3, -0.25) is 19.5 Å². The standard InChI is InChI=1S/C44H49F4N7O5/c1-24-20-30(39(57)52-36-17-16-35-34(36)18-19-50-35)12-15-33(24)27-6-2-25(3-7-27)21-31(22-37(56)28-8-4-26(23-49)5-9-28)40(58)51-32-13-10-29(11-14-32)38-53-41(55-54-38)43(45,46)44(47,48)42(59)60/h2-3,6-7,10-15,20,26,28,31,34-36,50H,4-5,8-9,16-19,21-23,49H2,1H3,(H,51,58)(H,52,57)(H,59,60)(H,53,54,55)/t26?,28?,31-,34?,35?,36?/m1/s1. The fourth-order valence-corrected chi connectivity index (χ4v) is 8.97. The SMILES string of the molecule is Cc1cc(C(=O)NC2CCC3NCCC32)ccc1-c1ccc(C[C@H](CC(=O)C2CCC(CN)CC2)C(=O)Nc2ccc(-c3n[nH]c(C(F)(F)C(F)(F)C(=O)O)n3)cc2)cc1. The molecular formula is C44H49F4N7O5. The van der Waals surface area contributed by atoms with Crippen molar-refractivity contribution in [1.82, 2.24) is 25.8 Å². The average Bonchev–Trinajstić information content (AvgIpc) is 4.01.